The SMILES string of the molecule is C#Cc1cc(OC)cc(N(CC)C(=O)OC(C)(C)C)c1. The highest BCUT2D eigenvalue weighted by molar-refractivity contribution is 5.88. The van der Waals surface area contributed by atoms with Crippen LogP contribution in [0.25, 0.3) is 0 Å². The second kappa shape index (κ2) is 6.33. The molecule has 0 unspecified atom stereocenters. The van der Waals surface area contributed by atoms with Crippen LogP contribution in [0.2, 0.25) is 0 Å². The van der Waals surface area contributed by atoms with Gasteiger partial charge in [-0.1, -0.05) is 5.92 Å². The Labute approximate surface area is 120 Å². The molecule has 108 valence electrons. The summed E-state index contributed by atoms with van der Waals surface area (Å²) >= 11 is 0. The molecule has 0 heterocycles. The number of hydrogen-bond donors (Lipinski definition) is 0. The summed E-state index contributed by atoms with van der Waals surface area (Å²) in [5, 5.41) is 0. The van der Waals surface area contributed by atoms with Crippen LogP contribution in [0, 0.1) is 12.3 Å². The van der Waals surface area contributed by atoms with Gasteiger partial charge in [-0.3, -0.25) is 4.90 Å². The Kier molecular flexibility index (Phi) is 5.04. The number of benzene rings is 1. The molecule has 1 aromatic carbocycles. The average Bonchev–Trinajstić information content (AvgIpc) is 2.37. The first-order valence-electron chi connectivity index (χ1n) is 6.47. The Hall–Kier alpha value is -2.15. The fourth-order valence-electron chi connectivity index (χ4n) is 1.67. The van der Waals surface area contributed by atoms with Gasteiger partial charge in [0.1, 0.15) is 11.4 Å². The van der Waals surface area contributed by atoms with E-state index in [0.29, 0.717) is 23.5 Å². The fraction of sp³-hybridized carbons (Fsp3) is 0.438. The average molecular weight is 275 g/mol. The summed E-state index contributed by atoms with van der Waals surface area (Å²) in [7, 11) is 1.56. The van der Waals surface area contributed by atoms with Crippen molar-refractivity contribution in [3.05, 3.63) is 23.8 Å². The van der Waals surface area contributed by atoms with Crippen LogP contribution >= 0.6 is 0 Å². The highest BCUT2D eigenvalue weighted by Gasteiger charge is 2.22. The molecule has 0 radical (unpaired) electrons. The molecule has 1 aromatic rings. The number of methoxy groups -OCH3 is 1. The molecule has 0 aliphatic carbocycles. The first-order chi connectivity index (χ1) is 9.30. The molecule has 0 saturated heterocycles. The molecule has 0 aliphatic rings. The predicted octanol–water partition coefficient (Wildman–Crippen LogP) is 3.44. The van der Waals surface area contributed by atoms with Crippen molar-refractivity contribution in [1.29, 1.82) is 0 Å². The Bertz CT molecular complexity index is 524. The van der Waals surface area contributed by atoms with Crippen molar-refractivity contribution in [2.45, 2.75) is 33.3 Å². The summed E-state index contributed by atoms with van der Waals surface area (Å²) in [6.45, 7) is 7.84. The van der Waals surface area contributed by atoms with E-state index in [1.54, 1.807) is 25.3 Å². The Morgan fingerprint density at radius 1 is 1.35 bits per heavy atom. The zero-order valence-corrected chi connectivity index (χ0v) is 12.7. The van der Waals surface area contributed by atoms with Crippen molar-refractivity contribution in [3.63, 3.8) is 0 Å². The molecule has 0 fully saturated rings. The zero-order valence-electron chi connectivity index (χ0n) is 12.7. The van der Waals surface area contributed by atoms with Crippen LogP contribution in [0.5, 0.6) is 5.75 Å². The molecule has 0 aromatic heterocycles. The maximum absolute atomic E-state index is 12.2. The van der Waals surface area contributed by atoms with E-state index in [1.807, 2.05) is 27.7 Å². The van der Waals surface area contributed by atoms with Gasteiger partial charge in [0, 0.05) is 18.2 Å². The lowest BCUT2D eigenvalue weighted by molar-refractivity contribution is 0.0582. The molecule has 0 atom stereocenters. The maximum atomic E-state index is 12.2. The number of ether oxygens (including phenoxy) is 2. The van der Waals surface area contributed by atoms with Crippen LogP contribution in [-0.2, 0) is 4.74 Å². The zero-order chi connectivity index (χ0) is 15.3. The van der Waals surface area contributed by atoms with Gasteiger partial charge in [-0.25, -0.2) is 4.79 Å². The third-order valence-corrected chi connectivity index (χ3v) is 2.54. The van der Waals surface area contributed by atoms with Gasteiger partial charge in [-0.15, -0.1) is 6.42 Å². The molecule has 4 nitrogen and oxygen atoms in total. The van der Waals surface area contributed by atoms with Gasteiger partial charge in [-0.05, 0) is 39.8 Å². The summed E-state index contributed by atoms with van der Waals surface area (Å²) in [4.78, 5) is 13.7. The quantitative estimate of drug-likeness (QED) is 0.793. The van der Waals surface area contributed by atoms with Gasteiger partial charge in [0.25, 0.3) is 0 Å². The molecule has 4 heteroatoms. The highest BCUT2D eigenvalue weighted by atomic mass is 16.6. The Morgan fingerprint density at radius 2 is 2.00 bits per heavy atom. The van der Waals surface area contributed by atoms with Crippen LogP contribution in [0.1, 0.15) is 33.3 Å². The lowest BCUT2D eigenvalue weighted by Gasteiger charge is -2.27. The molecular weight excluding hydrogens is 254 g/mol. The Balaban J connectivity index is 3.12. The van der Waals surface area contributed by atoms with E-state index in [1.165, 1.54) is 4.90 Å². The number of carbonyl (C=O) groups is 1. The number of terminal acetylenes is 1. The minimum Gasteiger partial charge on any atom is -0.497 e. The summed E-state index contributed by atoms with van der Waals surface area (Å²) in [6, 6.07) is 5.26. The first-order valence-corrected chi connectivity index (χ1v) is 6.47. The summed E-state index contributed by atoms with van der Waals surface area (Å²) in [6.07, 6.45) is 5.02. The van der Waals surface area contributed by atoms with E-state index < -0.39 is 11.7 Å². The lowest BCUT2D eigenvalue weighted by atomic mass is 10.1. The number of carbonyl (C=O) groups excluding carboxylic acids is 1. The van der Waals surface area contributed by atoms with Crippen LogP contribution in [-0.4, -0.2) is 25.3 Å². The molecular formula is C16H21NO3. The predicted molar refractivity (Wildman–Crippen MR) is 80.2 cm³/mol. The van der Waals surface area contributed by atoms with E-state index in [4.69, 9.17) is 15.9 Å². The molecule has 0 bridgehead atoms. The fourth-order valence-corrected chi connectivity index (χ4v) is 1.67. The van der Waals surface area contributed by atoms with Crippen LogP contribution in [0.4, 0.5) is 10.5 Å². The molecule has 1 amide bonds. The molecule has 1 rings (SSSR count). The van der Waals surface area contributed by atoms with Crippen molar-refractivity contribution in [2.24, 2.45) is 0 Å². The monoisotopic (exact) mass is 275 g/mol. The number of amides is 1. The van der Waals surface area contributed by atoms with Gasteiger partial charge in [0.05, 0.1) is 12.8 Å². The van der Waals surface area contributed by atoms with Gasteiger partial charge in [0.2, 0.25) is 0 Å². The molecule has 0 aliphatic heterocycles. The summed E-state index contributed by atoms with van der Waals surface area (Å²) in [5.74, 6) is 3.16. The minimum absolute atomic E-state index is 0.406. The van der Waals surface area contributed by atoms with Gasteiger partial charge in [-0.2, -0.15) is 0 Å². The highest BCUT2D eigenvalue weighted by Crippen LogP contribution is 2.25. The third kappa shape index (κ3) is 4.20. The van der Waals surface area contributed by atoms with Crippen LogP contribution in [0.15, 0.2) is 18.2 Å². The topological polar surface area (TPSA) is 38.8 Å². The van der Waals surface area contributed by atoms with Crippen molar-refractivity contribution >= 4 is 11.8 Å². The standard InChI is InChI=1S/C16H21NO3/c1-7-12-9-13(11-14(10-12)19-6)17(8-2)15(18)20-16(3,4)5/h1,9-11H,8H2,2-6H3. The van der Waals surface area contributed by atoms with Crippen molar-refractivity contribution in [2.75, 3.05) is 18.6 Å². The van der Waals surface area contributed by atoms with E-state index in [0.717, 1.165) is 0 Å². The van der Waals surface area contributed by atoms with Crippen LogP contribution in [0.3, 0.4) is 0 Å². The first kappa shape index (κ1) is 15.9. The minimum atomic E-state index is -0.543. The molecule has 0 N–H and O–H groups in total. The van der Waals surface area contributed by atoms with Gasteiger partial charge < -0.3 is 9.47 Å². The van der Waals surface area contributed by atoms with E-state index in [9.17, 15) is 4.79 Å². The summed E-state index contributed by atoms with van der Waals surface area (Å²) in [5.41, 5.74) is 0.772. The number of hydrogen-bond acceptors (Lipinski definition) is 3. The largest absolute Gasteiger partial charge is 0.497 e. The maximum Gasteiger partial charge on any atom is 0.414 e. The number of nitrogens with zero attached hydrogens (tertiary/aromatic N) is 1. The Morgan fingerprint density at radius 3 is 2.45 bits per heavy atom. The van der Waals surface area contributed by atoms with Gasteiger partial charge >= 0.3 is 6.09 Å². The number of anilines is 1. The molecule has 20 heavy (non-hydrogen) atoms. The normalized spacial score (nSPS) is 10.6. The lowest BCUT2D eigenvalue weighted by Crippen LogP contribution is -2.36. The van der Waals surface area contributed by atoms with Gasteiger partial charge in [0.15, 0.2) is 0 Å². The third-order valence-electron chi connectivity index (χ3n) is 2.54. The van der Waals surface area contributed by atoms with E-state index >= 15 is 0 Å². The van der Waals surface area contributed by atoms with E-state index in [-0.39, 0.29) is 0 Å². The second-order valence-electron chi connectivity index (χ2n) is 5.29. The molecule has 0 spiro atoms. The summed E-state index contributed by atoms with van der Waals surface area (Å²) < 4.78 is 10.6. The number of rotatable bonds is 3. The van der Waals surface area contributed by atoms with Crippen molar-refractivity contribution < 1.29 is 14.3 Å². The molecule has 0 saturated carbocycles. The van der Waals surface area contributed by atoms with Crippen molar-refractivity contribution in [3.8, 4) is 18.1 Å². The second-order valence-corrected chi connectivity index (χ2v) is 5.29. The van der Waals surface area contributed by atoms with Crippen molar-refractivity contribution in [1.82, 2.24) is 0 Å². The smallest absolute Gasteiger partial charge is 0.414 e. The van der Waals surface area contributed by atoms with Crippen LogP contribution < -0.4 is 9.64 Å². The van der Waals surface area contributed by atoms with E-state index in [2.05, 4.69) is 5.92 Å².